The number of hydrogen-bond acceptors (Lipinski definition) is 6. The molecule has 13 heteroatoms. The molecule has 1 saturated heterocycles. The van der Waals surface area contributed by atoms with E-state index >= 15 is 0 Å². The van der Waals surface area contributed by atoms with Crippen LogP contribution in [0, 0.1) is 5.82 Å². The second-order valence-corrected chi connectivity index (χ2v) is 9.07. The normalized spacial score (nSPS) is 18.9. The first kappa shape index (κ1) is 23.3. The number of nitrogens with zero attached hydrogens (tertiary/aromatic N) is 7. The summed E-state index contributed by atoms with van der Waals surface area (Å²) in [5.74, 6) is -0.896. The second kappa shape index (κ2) is 9.19. The molecule has 1 aliphatic heterocycles. The number of amides is 1. The van der Waals surface area contributed by atoms with Gasteiger partial charge in [-0.25, -0.2) is 14.4 Å². The van der Waals surface area contributed by atoms with E-state index in [-0.39, 0.29) is 27.9 Å². The molecular weight excluding hydrogens is 557 g/mol. The van der Waals surface area contributed by atoms with Crippen molar-refractivity contribution in [2.75, 3.05) is 25.0 Å². The Balaban J connectivity index is 1.60. The van der Waals surface area contributed by atoms with E-state index in [4.69, 9.17) is 0 Å². The van der Waals surface area contributed by atoms with Gasteiger partial charge in [0, 0.05) is 30.1 Å². The van der Waals surface area contributed by atoms with E-state index in [1.54, 1.807) is 11.9 Å². The van der Waals surface area contributed by atoms with Crippen molar-refractivity contribution >= 4 is 34.3 Å². The number of rotatable bonds is 4. The monoisotopic (exact) mass is 575 g/mol. The number of halogens is 5. The molecule has 174 valence electrons. The maximum Gasteiger partial charge on any atom is 0.433 e. The van der Waals surface area contributed by atoms with Crippen molar-refractivity contribution in [3.63, 3.8) is 0 Å². The van der Waals surface area contributed by atoms with Gasteiger partial charge in [0.15, 0.2) is 0 Å². The zero-order chi connectivity index (χ0) is 23.8. The highest BCUT2D eigenvalue weighted by Gasteiger charge is 2.36. The first-order valence-corrected chi connectivity index (χ1v) is 11.1. The fourth-order valence-electron chi connectivity index (χ4n) is 3.69. The predicted molar refractivity (Wildman–Crippen MR) is 119 cm³/mol. The summed E-state index contributed by atoms with van der Waals surface area (Å²) in [6.45, 7) is 0.734. The first-order chi connectivity index (χ1) is 15.6. The topological polar surface area (TPSA) is 80.0 Å². The number of anilines is 1. The lowest BCUT2D eigenvalue weighted by Crippen LogP contribution is -2.54. The Kier molecular flexibility index (Phi) is 6.50. The number of benzene rings is 1. The van der Waals surface area contributed by atoms with Gasteiger partial charge in [-0.2, -0.15) is 28.2 Å². The van der Waals surface area contributed by atoms with Gasteiger partial charge in [0.1, 0.15) is 23.7 Å². The largest absolute Gasteiger partial charge is 0.433 e. The summed E-state index contributed by atoms with van der Waals surface area (Å²) in [5.41, 5.74) is -0.626. The van der Waals surface area contributed by atoms with E-state index < -0.39 is 23.6 Å². The lowest BCUT2D eigenvalue weighted by molar-refractivity contribution is -0.141. The molecule has 1 aromatic carbocycles. The molecule has 1 aliphatic rings. The number of hydrogen-bond donors (Lipinski definition) is 0. The predicted octanol–water partition coefficient (Wildman–Crippen LogP) is 3.37. The quantitative estimate of drug-likeness (QED) is 0.270. The highest BCUT2D eigenvalue weighted by molar-refractivity contribution is 14.1. The smallest absolute Gasteiger partial charge is 0.354 e. The van der Waals surface area contributed by atoms with Crippen molar-refractivity contribution in [1.29, 1.82) is 0 Å². The van der Waals surface area contributed by atoms with Gasteiger partial charge in [-0.1, -0.05) is 22.6 Å². The molecule has 3 aromatic rings. The van der Waals surface area contributed by atoms with Gasteiger partial charge in [0.2, 0.25) is 0 Å². The van der Waals surface area contributed by atoms with E-state index in [1.165, 1.54) is 34.2 Å². The third kappa shape index (κ3) is 4.91. The van der Waals surface area contributed by atoms with Crippen molar-refractivity contribution in [2.24, 2.45) is 0 Å². The molecule has 2 aromatic heterocycles. The van der Waals surface area contributed by atoms with Crippen LogP contribution in [0.25, 0.3) is 5.69 Å². The van der Waals surface area contributed by atoms with Crippen LogP contribution in [0.2, 0.25) is 0 Å². The zero-order valence-corrected chi connectivity index (χ0v) is 19.4. The highest BCUT2D eigenvalue weighted by atomic mass is 127. The third-order valence-electron chi connectivity index (χ3n) is 5.41. The van der Waals surface area contributed by atoms with Gasteiger partial charge < -0.3 is 9.80 Å². The molecule has 1 fully saturated rings. The number of alkyl halides is 4. The van der Waals surface area contributed by atoms with Gasteiger partial charge in [0.25, 0.3) is 5.91 Å². The van der Waals surface area contributed by atoms with Crippen LogP contribution in [0.5, 0.6) is 0 Å². The summed E-state index contributed by atoms with van der Waals surface area (Å²) in [6.07, 6.45) is -0.199. The van der Waals surface area contributed by atoms with E-state index in [2.05, 4.69) is 42.8 Å². The van der Waals surface area contributed by atoms with E-state index in [0.29, 0.717) is 18.7 Å². The summed E-state index contributed by atoms with van der Waals surface area (Å²) in [7, 11) is 1.59. The second-order valence-electron chi connectivity index (χ2n) is 7.47. The molecule has 3 heterocycles. The first-order valence-electron chi connectivity index (χ1n) is 9.87. The third-order valence-corrected chi connectivity index (χ3v) is 6.86. The molecule has 0 N–H and O–H groups in total. The summed E-state index contributed by atoms with van der Waals surface area (Å²) in [6, 6.07) is 4.30. The molecule has 0 bridgehead atoms. The maximum absolute atomic E-state index is 14.0. The van der Waals surface area contributed by atoms with Crippen LogP contribution in [0.4, 0.5) is 23.4 Å². The van der Waals surface area contributed by atoms with Gasteiger partial charge in [-0.05, 0) is 24.6 Å². The molecule has 0 spiro atoms. The van der Waals surface area contributed by atoms with Crippen molar-refractivity contribution in [1.82, 2.24) is 29.9 Å². The molecule has 2 atom stereocenters. The number of carbonyl (C=O) groups excluding carboxylic acids is 1. The van der Waals surface area contributed by atoms with E-state index in [9.17, 15) is 22.4 Å². The van der Waals surface area contributed by atoms with Crippen LogP contribution in [0.15, 0.2) is 43.0 Å². The van der Waals surface area contributed by atoms with E-state index in [0.717, 1.165) is 18.5 Å². The molecule has 0 aliphatic carbocycles. The highest BCUT2D eigenvalue weighted by Crippen LogP contribution is 2.31. The van der Waals surface area contributed by atoms with Gasteiger partial charge >= 0.3 is 6.18 Å². The van der Waals surface area contributed by atoms with Crippen molar-refractivity contribution < 1.29 is 22.4 Å². The number of carbonyl (C=O) groups is 1. The van der Waals surface area contributed by atoms with Crippen LogP contribution < -0.4 is 4.90 Å². The molecule has 0 saturated carbocycles. The standard InChI is InChI=1S/C20H18F4IN7O/c1-30(19(33)13-8-12(21)2-3-15(13)32-28-5-6-29-32)16-10-31(7-4-14(16)25)18-9-17(20(22,23)24)26-11-27-18/h2-3,5-6,8-9,11,14,16H,4,7,10H2,1H3/t14-,16+/m0/s1. The van der Waals surface area contributed by atoms with E-state index in [1.807, 2.05) is 0 Å². The van der Waals surface area contributed by atoms with Crippen molar-refractivity contribution in [3.05, 3.63) is 60.1 Å². The fourth-order valence-corrected chi connectivity index (χ4v) is 4.67. The lowest BCUT2D eigenvalue weighted by Gasteiger charge is -2.41. The average Bonchev–Trinajstić information content (AvgIpc) is 3.32. The Hall–Kier alpha value is -2.84. The molecule has 8 nitrogen and oxygen atoms in total. The summed E-state index contributed by atoms with van der Waals surface area (Å²) < 4.78 is 53.3. The molecule has 33 heavy (non-hydrogen) atoms. The average molecular weight is 575 g/mol. The Labute approximate surface area is 199 Å². The molecule has 1 amide bonds. The number of aromatic nitrogens is 5. The Morgan fingerprint density at radius 2 is 1.91 bits per heavy atom. The van der Waals surface area contributed by atoms with Crippen LogP contribution in [-0.2, 0) is 6.18 Å². The lowest BCUT2D eigenvalue weighted by atomic mass is 10.0. The number of likely N-dealkylation sites (N-methyl/N-ethyl adjacent to an activating group) is 1. The van der Waals surface area contributed by atoms with Gasteiger partial charge in [-0.3, -0.25) is 4.79 Å². The minimum atomic E-state index is -4.58. The minimum absolute atomic E-state index is 0.0246. The van der Waals surface area contributed by atoms with Crippen molar-refractivity contribution in [3.8, 4) is 5.69 Å². The molecular formula is C20H18F4IN7O. The minimum Gasteiger partial charge on any atom is -0.354 e. The Bertz CT molecular complexity index is 1140. The van der Waals surface area contributed by atoms with Crippen LogP contribution >= 0.6 is 22.6 Å². The number of piperidine rings is 1. The summed E-state index contributed by atoms with van der Waals surface area (Å²) in [4.78, 5) is 25.1. The van der Waals surface area contributed by atoms with Crippen molar-refractivity contribution in [2.45, 2.75) is 22.6 Å². The Morgan fingerprint density at radius 1 is 1.18 bits per heavy atom. The van der Waals surface area contributed by atoms with Crippen LogP contribution in [-0.4, -0.2) is 65.9 Å². The summed E-state index contributed by atoms with van der Waals surface area (Å²) in [5, 5.41) is 8.04. The summed E-state index contributed by atoms with van der Waals surface area (Å²) >= 11 is 2.22. The maximum atomic E-state index is 14.0. The van der Waals surface area contributed by atoms with Crippen LogP contribution in [0.1, 0.15) is 22.5 Å². The van der Waals surface area contributed by atoms with Gasteiger partial charge in [-0.15, -0.1) is 0 Å². The molecule has 4 rings (SSSR count). The van der Waals surface area contributed by atoms with Gasteiger partial charge in [0.05, 0.1) is 29.7 Å². The fraction of sp³-hybridized carbons (Fsp3) is 0.350. The van der Waals surface area contributed by atoms with Crippen LogP contribution in [0.3, 0.4) is 0 Å². The Morgan fingerprint density at radius 3 is 2.61 bits per heavy atom. The SMILES string of the molecule is CN(C(=O)c1cc(F)ccc1-n1nccn1)[C@@H]1CN(c2cc(C(F)(F)F)ncn2)CC[C@@H]1I. The zero-order valence-electron chi connectivity index (χ0n) is 17.2. The molecule has 0 unspecified atom stereocenters. The molecule has 0 radical (unpaired) electrons.